The Morgan fingerprint density at radius 1 is 1.19 bits per heavy atom. The van der Waals surface area contributed by atoms with Gasteiger partial charge in [0.1, 0.15) is 0 Å². The largest absolute Gasteiger partial charge is 0.341 e. The van der Waals surface area contributed by atoms with Crippen LogP contribution < -0.4 is 0 Å². The van der Waals surface area contributed by atoms with Crippen LogP contribution in [0.25, 0.3) is 10.2 Å². The molecular formula is C21H22N2OS3. The molecule has 2 aromatic carbocycles. The number of nitrogens with zero attached hydrogens (tertiary/aromatic N) is 2. The number of aryl methyl sites for hydroxylation is 1. The summed E-state index contributed by atoms with van der Waals surface area (Å²) in [7, 11) is 0. The van der Waals surface area contributed by atoms with Crippen molar-refractivity contribution >= 4 is 51.0 Å². The molecule has 3 nitrogen and oxygen atoms in total. The maximum atomic E-state index is 12.7. The first-order valence-electron chi connectivity index (χ1n) is 9.14. The predicted molar refractivity (Wildman–Crippen MR) is 118 cm³/mol. The fraction of sp³-hybridized carbons (Fsp3) is 0.333. The minimum atomic E-state index is 0.227. The average molecular weight is 415 g/mol. The first-order chi connectivity index (χ1) is 13.2. The lowest BCUT2D eigenvalue weighted by Gasteiger charge is -2.20. The molecular weight excluding hydrogens is 392 g/mol. The molecule has 0 N–H and O–H groups in total. The number of aromatic nitrogens is 1. The number of carbonyl (C=O) groups is 1. The summed E-state index contributed by atoms with van der Waals surface area (Å²) in [4.78, 5) is 19.4. The number of thioether (sulfide) groups is 2. The zero-order valence-corrected chi connectivity index (χ0v) is 17.7. The van der Waals surface area contributed by atoms with Crippen molar-refractivity contribution in [2.75, 3.05) is 24.6 Å². The summed E-state index contributed by atoms with van der Waals surface area (Å²) in [5.74, 6) is 1.70. The Labute approximate surface area is 172 Å². The van der Waals surface area contributed by atoms with Crippen molar-refractivity contribution in [2.45, 2.75) is 22.9 Å². The van der Waals surface area contributed by atoms with E-state index in [4.69, 9.17) is 0 Å². The molecule has 1 atom stereocenters. The lowest BCUT2D eigenvalue weighted by Crippen LogP contribution is -2.34. The molecule has 6 heteroatoms. The Balaban J connectivity index is 1.34. The summed E-state index contributed by atoms with van der Waals surface area (Å²) in [5, 5.41) is 0.487. The zero-order valence-electron chi connectivity index (χ0n) is 15.3. The SMILES string of the molecule is Cc1ccccc1C1CCN(C(=O)CSc2nc3ccccc3s2)CCS1. The van der Waals surface area contributed by atoms with Gasteiger partial charge in [-0.15, -0.1) is 11.3 Å². The third-order valence-corrected chi connectivity index (χ3v) is 8.30. The topological polar surface area (TPSA) is 33.2 Å². The third kappa shape index (κ3) is 4.50. The van der Waals surface area contributed by atoms with Crippen molar-refractivity contribution in [2.24, 2.45) is 0 Å². The van der Waals surface area contributed by atoms with Crippen LogP contribution in [0.4, 0.5) is 0 Å². The van der Waals surface area contributed by atoms with Crippen LogP contribution in [-0.2, 0) is 4.79 Å². The van der Waals surface area contributed by atoms with E-state index in [-0.39, 0.29) is 5.91 Å². The second-order valence-electron chi connectivity index (χ2n) is 6.62. The van der Waals surface area contributed by atoms with Crippen LogP contribution in [0, 0.1) is 6.92 Å². The van der Waals surface area contributed by atoms with Crippen molar-refractivity contribution in [1.82, 2.24) is 9.88 Å². The minimum absolute atomic E-state index is 0.227. The van der Waals surface area contributed by atoms with Crippen LogP contribution in [0.3, 0.4) is 0 Å². The smallest absolute Gasteiger partial charge is 0.233 e. The number of hydrogen-bond donors (Lipinski definition) is 0. The number of benzene rings is 2. The fourth-order valence-corrected chi connectivity index (χ4v) is 6.64. The molecule has 0 radical (unpaired) electrons. The highest BCUT2D eigenvalue weighted by molar-refractivity contribution is 8.01. The van der Waals surface area contributed by atoms with E-state index in [9.17, 15) is 4.79 Å². The second kappa shape index (κ2) is 8.67. The van der Waals surface area contributed by atoms with Gasteiger partial charge in [0.05, 0.1) is 16.0 Å². The van der Waals surface area contributed by atoms with E-state index >= 15 is 0 Å². The van der Waals surface area contributed by atoms with Gasteiger partial charge < -0.3 is 4.90 Å². The second-order valence-corrected chi connectivity index (χ2v) is 10.2. The average Bonchev–Trinajstić information content (AvgIpc) is 2.94. The van der Waals surface area contributed by atoms with Gasteiger partial charge in [-0.25, -0.2) is 4.98 Å². The van der Waals surface area contributed by atoms with Crippen LogP contribution >= 0.6 is 34.9 Å². The molecule has 1 aliphatic rings. The summed E-state index contributed by atoms with van der Waals surface area (Å²) in [6.07, 6.45) is 1.02. The number of amides is 1. The fourth-order valence-electron chi connectivity index (χ4n) is 3.34. The molecule has 1 unspecified atom stereocenters. The van der Waals surface area contributed by atoms with Crippen LogP contribution in [0.5, 0.6) is 0 Å². The van der Waals surface area contributed by atoms with E-state index in [1.807, 2.05) is 34.9 Å². The van der Waals surface area contributed by atoms with E-state index in [1.165, 1.54) is 15.8 Å². The standard InChI is InChI=1S/C21H22N2OS3/c1-15-6-2-3-7-16(15)18-10-11-23(12-13-25-18)20(24)14-26-21-22-17-8-4-5-9-19(17)27-21/h2-9,18H,10-14H2,1H3. The van der Waals surface area contributed by atoms with E-state index in [2.05, 4.69) is 42.2 Å². The Morgan fingerprint density at radius 3 is 2.85 bits per heavy atom. The Kier molecular flexibility index (Phi) is 6.05. The summed E-state index contributed by atoms with van der Waals surface area (Å²) in [6, 6.07) is 16.7. The highest BCUT2D eigenvalue weighted by atomic mass is 32.2. The van der Waals surface area contributed by atoms with Gasteiger partial charge in [-0.3, -0.25) is 4.79 Å². The molecule has 27 heavy (non-hydrogen) atoms. The van der Waals surface area contributed by atoms with Gasteiger partial charge in [0.25, 0.3) is 0 Å². The van der Waals surface area contributed by atoms with Crippen molar-refractivity contribution in [3.8, 4) is 0 Å². The highest BCUT2D eigenvalue weighted by Crippen LogP contribution is 2.36. The lowest BCUT2D eigenvalue weighted by molar-refractivity contribution is -0.128. The maximum Gasteiger partial charge on any atom is 0.233 e. The van der Waals surface area contributed by atoms with Gasteiger partial charge in [-0.1, -0.05) is 48.2 Å². The highest BCUT2D eigenvalue weighted by Gasteiger charge is 2.23. The number of para-hydroxylation sites is 1. The van der Waals surface area contributed by atoms with Gasteiger partial charge >= 0.3 is 0 Å². The molecule has 1 amide bonds. The zero-order chi connectivity index (χ0) is 18.6. The third-order valence-electron chi connectivity index (χ3n) is 4.82. The van der Waals surface area contributed by atoms with Gasteiger partial charge in [0, 0.05) is 24.1 Å². The Hall–Kier alpha value is -1.50. The van der Waals surface area contributed by atoms with Gasteiger partial charge in [-0.05, 0) is 36.6 Å². The molecule has 3 aromatic rings. The molecule has 1 aromatic heterocycles. The van der Waals surface area contributed by atoms with E-state index in [0.717, 1.165) is 35.1 Å². The first-order valence-corrected chi connectivity index (χ1v) is 12.0. The van der Waals surface area contributed by atoms with Crippen molar-refractivity contribution in [3.05, 3.63) is 59.7 Å². The monoisotopic (exact) mass is 414 g/mol. The van der Waals surface area contributed by atoms with Crippen molar-refractivity contribution < 1.29 is 4.79 Å². The molecule has 1 fully saturated rings. The summed E-state index contributed by atoms with van der Waals surface area (Å²) in [5.41, 5.74) is 3.78. The molecule has 0 bridgehead atoms. The van der Waals surface area contributed by atoms with E-state index in [1.54, 1.807) is 23.1 Å². The summed E-state index contributed by atoms with van der Waals surface area (Å²) >= 11 is 5.21. The van der Waals surface area contributed by atoms with Crippen LogP contribution in [0.1, 0.15) is 22.8 Å². The summed E-state index contributed by atoms with van der Waals surface area (Å²) in [6.45, 7) is 3.86. The molecule has 4 rings (SSSR count). The van der Waals surface area contributed by atoms with Crippen molar-refractivity contribution in [3.63, 3.8) is 0 Å². The normalized spacial score (nSPS) is 17.8. The number of carbonyl (C=O) groups excluding carboxylic acids is 1. The van der Waals surface area contributed by atoms with Crippen LogP contribution in [0.15, 0.2) is 52.9 Å². The molecule has 0 saturated carbocycles. The predicted octanol–water partition coefficient (Wildman–Crippen LogP) is 5.40. The van der Waals surface area contributed by atoms with Crippen molar-refractivity contribution in [1.29, 1.82) is 0 Å². The van der Waals surface area contributed by atoms with E-state index in [0.29, 0.717) is 11.0 Å². The molecule has 0 spiro atoms. The number of thiazole rings is 1. The quantitative estimate of drug-likeness (QED) is 0.535. The first kappa shape index (κ1) is 18.8. The van der Waals surface area contributed by atoms with Gasteiger partial charge in [0.15, 0.2) is 4.34 Å². The van der Waals surface area contributed by atoms with E-state index < -0.39 is 0 Å². The molecule has 140 valence electrons. The molecule has 2 heterocycles. The Morgan fingerprint density at radius 2 is 2.00 bits per heavy atom. The van der Waals surface area contributed by atoms with Crippen LogP contribution in [0.2, 0.25) is 0 Å². The maximum absolute atomic E-state index is 12.7. The van der Waals surface area contributed by atoms with Gasteiger partial charge in [0.2, 0.25) is 5.91 Å². The molecule has 0 aliphatic carbocycles. The minimum Gasteiger partial charge on any atom is -0.341 e. The number of rotatable bonds is 4. The Bertz CT molecular complexity index is 907. The van der Waals surface area contributed by atoms with Crippen LogP contribution in [-0.4, -0.2) is 40.4 Å². The molecule has 1 aliphatic heterocycles. The lowest BCUT2D eigenvalue weighted by atomic mass is 10.0. The number of fused-ring (bicyclic) bond motifs is 1. The molecule has 1 saturated heterocycles. The number of hydrogen-bond acceptors (Lipinski definition) is 5. The summed E-state index contributed by atoms with van der Waals surface area (Å²) < 4.78 is 2.16. The van der Waals surface area contributed by atoms with Gasteiger partial charge in [-0.2, -0.15) is 11.8 Å².